The number of hydrogen-bond acceptors (Lipinski definition) is 3. The van der Waals surface area contributed by atoms with Gasteiger partial charge in [-0.1, -0.05) is 19.3 Å². The van der Waals surface area contributed by atoms with E-state index in [0.717, 1.165) is 12.2 Å². The molecule has 0 radical (unpaired) electrons. The molecule has 1 heterocycles. The molecule has 0 atom stereocenters. The number of ketones is 1. The predicted molar refractivity (Wildman–Crippen MR) is 78.7 cm³/mol. The molecular formula is C16H25N3O. The number of nitrogens with one attached hydrogen (secondary N) is 1. The van der Waals surface area contributed by atoms with Crippen molar-refractivity contribution in [2.75, 3.05) is 6.54 Å². The lowest BCUT2D eigenvalue weighted by Gasteiger charge is -2.21. The first-order chi connectivity index (χ1) is 9.81. The fourth-order valence-electron chi connectivity index (χ4n) is 3.01. The summed E-state index contributed by atoms with van der Waals surface area (Å²) in [6, 6.07) is 3.26. The van der Waals surface area contributed by atoms with E-state index in [1.165, 1.54) is 44.9 Å². The number of nitrogens with zero attached hydrogens (tertiary/aromatic N) is 2. The van der Waals surface area contributed by atoms with Crippen molar-refractivity contribution in [2.24, 2.45) is 0 Å². The van der Waals surface area contributed by atoms with Crippen molar-refractivity contribution in [3.05, 3.63) is 18.0 Å². The Morgan fingerprint density at radius 3 is 2.80 bits per heavy atom. The molecule has 0 saturated heterocycles. The average molecular weight is 275 g/mol. The van der Waals surface area contributed by atoms with Crippen LogP contribution in [0.15, 0.2) is 12.3 Å². The molecule has 2 fully saturated rings. The largest absolute Gasteiger partial charge is 0.314 e. The SMILES string of the molecule is O=C(CCNC1CC1)Cc1ccn(C2CCCCC2)n1. The Kier molecular flexibility index (Phi) is 4.51. The fourth-order valence-corrected chi connectivity index (χ4v) is 3.01. The molecule has 3 rings (SSSR count). The first-order valence-corrected chi connectivity index (χ1v) is 8.10. The van der Waals surface area contributed by atoms with Crippen LogP contribution in [0, 0.1) is 0 Å². The van der Waals surface area contributed by atoms with Crippen LogP contribution in [0.1, 0.15) is 63.1 Å². The number of carbonyl (C=O) groups is 1. The summed E-state index contributed by atoms with van der Waals surface area (Å²) in [6.07, 6.45) is 12.2. The van der Waals surface area contributed by atoms with Gasteiger partial charge in [-0.15, -0.1) is 0 Å². The maximum atomic E-state index is 11.9. The molecule has 0 bridgehead atoms. The maximum Gasteiger partial charge on any atom is 0.140 e. The Balaban J connectivity index is 1.44. The molecule has 0 aromatic carbocycles. The zero-order valence-corrected chi connectivity index (χ0v) is 12.2. The zero-order chi connectivity index (χ0) is 13.8. The lowest BCUT2D eigenvalue weighted by atomic mass is 9.96. The van der Waals surface area contributed by atoms with E-state index < -0.39 is 0 Å². The monoisotopic (exact) mass is 275 g/mol. The lowest BCUT2D eigenvalue weighted by Crippen LogP contribution is -2.21. The van der Waals surface area contributed by atoms with E-state index in [1.54, 1.807) is 0 Å². The summed E-state index contributed by atoms with van der Waals surface area (Å²) in [4.78, 5) is 11.9. The normalized spacial score (nSPS) is 20.2. The van der Waals surface area contributed by atoms with Gasteiger partial charge in [-0.25, -0.2) is 0 Å². The summed E-state index contributed by atoms with van der Waals surface area (Å²) in [6.45, 7) is 0.826. The summed E-state index contributed by atoms with van der Waals surface area (Å²) in [5, 5.41) is 7.99. The molecule has 1 aromatic heterocycles. The summed E-state index contributed by atoms with van der Waals surface area (Å²) in [5.41, 5.74) is 0.937. The number of carbonyl (C=O) groups excluding carboxylic acids is 1. The van der Waals surface area contributed by atoms with Gasteiger partial charge in [-0.3, -0.25) is 9.48 Å². The number of Topliss-reactive ketones (excluding diaryl/α,β-unsaturated/α-hetero) is 1. The van der Waals surface area contributed by atoms with E-state index in [2.05, 4.69) is 21.3 Å². The van der Waals surface area contributed by atoms with Crippen molar-refractivity contribution in [3.63, 3.8) is 0 Å². The Bertz CT molecular complexity index is 444. The van der Waals surface area contributed by atoms with Crippen LogP contribution in [0.4, 0.5) is 0 Å². The number of hydrogen-bond donors (Lipinski definition) is 1. The van der Waals surface area contributed by atoms with Crippen LogP contribution in [-0.2, 0) is 11.2 Å². The van der Waals surface area contributed by atoms with Crippen molar-refractivity contribution >= 4 is 5.78 Å². The topological polar surface area (TPSA) is 46.9 Å². The summed E-state index contributed by atoms with van der Waals surface area (Å²) in [7, 11) is 0. The lowest BCUT2D eigenvalue weighted by molar-refractivity contribution is -0.118. The van der Waals surface area contributed by atoms with Crippen molar-refractivity contribution < 1.29 is 4.79 Å². The quantitative estimate of drug-likeness (QED) is 0.832. The van der Waals surface area contributed by atoms with E-state index in [0.29, 0.717) is 30.7 Å². The van der Waals surface area contributed by atoms with E-state index >= 15 is 0 Å². The van der Waals surface area contributed by atoms with E-state index in [4.69, 9.17) is 0 Å². The molecular weight excluding hydrogens is 250 g/mol. The van der Waals surface area contributed by atoms with Crippen molar-refractivity contribution in [1.82, 2.24) is 15.1 Å². The molecule has 2 saturated carbocycles. The Morgan fingerprint density at radius 1 is 1.25 bits per heavy atom. The molecule has 2 aliphatic rings. The second kappa shape index (κ2) is 6.53. The molecule has 1 N–H and O–H groups in total. The highest BCUT2D eigenvalue weighted by molar-refractivity contribution is 5.80. The van der Waals surface area contributed by atoms with Gasteiger partial charge in [0.05, 0.1) is 18.2 Å². The van der Waals surface area contributed by atoms with Crippen LogP contribution >= 0.6 is 0 Å². The molecule has 0 aliphatic heterocycles. The molecule has 0 spiro atoms. The first kappa shape index (κ1) is 13.8. The van der Waals surface area contributed by atoms with Gasteiger partial charge in [-0.2, -0.15) is 5.10 Å². The average Bonchev–Trinajstić information content (AvgIpc) is 3.17. The minimum absolute atomic E-state index is 0.298. The highest BCUT2D eigenvalue weighted by Gasteiger charge is 2.20. The number of aromatic nitrogens is 2. The molecule has 4 heteroatoms. The third kappa shape index (κ3) is 3.92. The fraction of sp³-hybridized carbons (Fsp3) is 0.750. The molecule has 0 amide bonds. The molecule has 1 aromatic rings. The molecule has 2 aliphatic carbocycles. The van der Waals surface area contributed by atoms with E-state index in [1.807, 2.05) is 6.07 Å². The van der Waals surface area contributed by atoms with Crippen LogP contribution in [0.2, 0.25) is 0 Å². The van der Waals surface area contributed by atoms with Gasteiger partial charge in [0.1, 0.15) is 5.78 Å². The first-order valence-electron chi connectivity index (χ1n) is 8.10. The molecule has 110 valence electrons. The van der Waals surface area contributed by atoms with Gasteiger partial charge in [0.15, 0.2) is 0 Å². The summed E-state index contributed by atoms with van der Waals surface area (Å²) in [5.74, 6) is 0.298. The van der Waals surface area contributed by atoms with Gasteiger partial charge in [-0.05, 0) is 31.7 Å². The van der Waals surface area contributed by atoms with E-state index in [-0.39, 0.29) is 0 Å². The smallest absolute Gasteiger partial charge is 0.140 e. The van der Waals surface area contributed by atoms with Crippen molar-refractivity contribution in [1.29, 1.82) is 0 Å². The Morgan fingerprint density at radius 2 is 2.05 bits per heavy atom. The van der Waals surface area contributed by atoms with Gasteiger partial charge in [0.2, 0.25) is 0 Å². The van der Waals surface area contributed by atoms with Crippen molar-refractivity contribution in [2.45, 2.75) is 69.9 Å². The highest BCUT2D eigenvalue weighted by atomic mass is 16.1. The van der Waals surface area contributed by atoms with Gasteiger partial charge in [0.25, 0.3) is 0 Å². The number of rotatable bonds is 7. The minimum Gasteiger partial charge on any atom is -0.314 e. The van der Waals surface area contributed by atoms with Crippen LogP contribution in [0.25, 0.3) is 0 Å². The van der Waals surface area contributed by atoms with Crippen LogP contribution in [-0.4, -0.2) is 28.2 Å². The van der Waals surface area contributed by atoms with Crippen LogP contribution in [0.3, 0.4) is 0 Å². The van der Waals surface area contributed by atoms with E-state index in [9.17, 15) is 4.79 Å². The minimum atomic E-state index is 0.298. The second-order valence-corrected chi connectivity index (χ2v) is 6.27. The second-order valence-electron chi connectivity index (χ2n) is 6.27. The third-order valence-electron chi connectivity index (χ3n) is 4.40. The van der Waals surface area contributed by atoms with Gasteiger partial charge >= 0.3 is 0 Å². The molecule has 20 heavy (non-hydrogen) atoms. The Labute approximate surface area is 120 Å². The zero-order valence-electron chi connectivity index (χ0n) is 12.2. The van der Waals surface area contributed by atoms with Gasteiger partial charge in [0, 0.05) is 25.2 Å². The highest BCUT2D eigenvalue weighted by Crippen LogP contribution is 2.27. The summed E-state index contributed by atoms with van der Waals surface area (Å²) < 4.78 is 2.09. The van der Waals surface area contributed by atoms with Crippen LogP contribution in [0.5, 0.6) is 0 Å². The molecule has 4 nitrogen and oxygen atoms in total. The van der Waals surface area contributed by atoms with Crippen molar-refractivity contribution in [3.8, 4) is 0 Å². The van der Waals surface area contributed by atoms with Gasteiger partial charge < -0.3 is 5.32 Å². The maximum absolute atomic E-state index is 11.9. The Hall–Kier alpha value is -1.16. The molecule has 0 unspecified atom stereocenters. The summed E-state index contributed by atoms with van der Waals surface area (Å²) >= 11 is 0. The standard InChI is InChI=1S/C16H25N3O/c20-16(8-10-17-13-6-7-13)12-14-9-11-19(18-14)15-4-2-1-3-5-15/h9,11,13,15,17H,1-8,10,12H2. The van der Waals surface area contributed by atoms with Crippen LogP contribution < -0.4 is 5.32 Å². The third-order valence-corrected chi connectivity index (χ3v) is 4.40. The predicted octanol–water partition coefficient (Wildman–Crippen LogP) is 2.64.